The molecule has 0 unspecified atom stereocenters. The topological polar surface area (TPSA) is 55.2 Å². The molecule has 5 nitrogen and oxygen atoms in total. The van der Waals surface area contributed by atoms with Crippen LogP contribution in [0, 0.1) is 12.3 Å². The normalized spacial score (nSPS) is 10.2. The number of hydrogen-bond acceptors (Lipinski definition) is 3. The molecule has 1 amide bonds. The summed E-state index contributed by atoms with van der Waals surface area (Å²) in [6.45, 7) is 2.07. The van der Waals surface area contributed by atoms with Crippen molar-refractivity contribution in [1.82, 2.24) is 9.55 Å². The minimum atomic E-state index is -0.362. The predicted octanol–water partition coefficient (Wildman–Crippen LogP) is 2.71. The summed E-state index contributed by atoms with van der Waals surface area (Å²) in [5, 5.41) is 0.156. The first-order chi connectivity index (χ1) is 11.5. The van der Waals surface area contributed by atoms with Crippen molar-refractivity contribution in [2.75, 3.05) is 11.4 Å². The molecule has 2 rings (SSSR count). The van der Waals surface area contributed by atoms with Crippen LogP contribution in [0.2, 0.25) is 5.15 Å². The summed E-state index contributed by atoms with van der Waals surface area (Å²) < 4.78 is 1.46. The Labute approximate surface area is 145 Å². The van der Waals surface area contributed by atoms with Gasteiger partial charge in [-0.05, 0) is 12.0 Å². The highest BCUT2D eigenvalue weighted by molar-refractivity contribution is 6.29. The second kappa shape index (κ2) is 8.32. The molecule has 0 spiro atoms. The van der Waals surface area contributed by atoms with Crippen LogP contribution < -0.4 is 10.5 Å². The third-order valence-corrected chi connectivity index (χ3v) is 3.64. The monoisotopic (exact) mass is 343 g/mol. The number of unbranched alkanes of at least 4 members (excludes halogenated alkanes) is 1. The van der Waals surface area contributed by atoms with Crippen molar-refractivity contribution in [3.05, 3.63) is 57.6 Å². The highest BCUT2D eigenvalue weighted by Gasteiger charge is 2.19. The summed E-state index contributed by atoms with van der Waals surface area (Å²) in [5.41, 5.74) is 0.591. The maximum absolute atomic E-state index is 12.7. The highest BCUT2D eigenvalue weighted by atomic mass is 35.5. The van der Waals surface area contributed by atoms with E-state index in [4.69, 9.17) is 18.0 Å². The fraction of sp³-hybridized carbons (Fsp3) is 0.278. The molecule has 1 aromatic carbocycles. The van der Waals surface area contributed by atoms with E-state index >= 15 is 0 Å². The number of rotatable bonds is 6. The fourth-order valence-electron chi connectivity index (χ4n) is 2.32. The van der Waals surface area contributed by atoms with Crippen molar-refractivity contribution in [2.24, 2.45) is 0 Å². The van der Waals surface area contributed by atoms with Crippen LogP contribution in [0.4, 0.5) is 5.82 Å². The molecule has 0 saturated heterocycles. The molecule has 0 atom stereocenters. The summed E-state index contributed by atoms with van der Waals surface area (Å²) in [6.07, 6.45) is 7.81. The fourth-order valence-corrected chi connectivity index (χ4v) is 2.52. The third kappa shape index (κ3) is 4.46. The lowest BCUT2D eigenvalue weighted by Crippen LogP contribution is -2.37. The van der Waals surface area contributed by atoms with E-state index in [1.54, 1.807) is 0 Å². The van der Waals surface area contributed by atoms with E-state index in [0.29, 0.717) is 25.9 Å². The number of anilines is 1. The van der Waals surface area contributed by atoms with Crippen LogP contribution in [0.3, 0.4) is 0 Å². The first-order valence-corrected chi connectivity index (χ1v) is 7.93. The number of hydrogen-bond donors (Lipinski definition) is 0. The summed E-state index contributed by atoms with van der Waals surface area (Å²) in [7, 11) is 0. The van der Waals surface area contributed by atoms with E-state index in [-0.39, 0.29) is 22.4 Å². The van der Waals surface area contributed by atoms with E-state index in [0.717, 1.165) is 5.56 Å². The first-order valence-electron chi connectivity index (χ1n) is 7.55. The maximum atomic E-state index is 12.7. The van der Waals surface area contributed by atoms with Gasteiger partial charge in [0, 0.05) is 26.1 Å². The molecule has 1 heterocycles. The average molecular weight is 344 g/mol. The van der Waals surface area contributed by atoms with E-state index < -0.39 is 0 Å². The lowest BCUT2D eigenvalue weighted by molar-refractivity contribution is -0.116. The van der Waals surface area contributed by atoms with Crippen molar-refractivity contribution in [3.8, 4) is 12.3 Å². The Kier molecular flexibility index (Phi) is 6.16. The molecule has 0 aliphatic carbocycles. The van der Waals surface area contributed by atoms with E-state index in [2.05, 4.69) is 10.9 Å². The Morgan fingerprint density at radius 1 is 1.38 bits per heavy atom. The Morgan fingerprint density at radius 2 is 2.08 bits per heavy atom. The number of amides is 1. The van der Waals surface area contributed by atoms with Gasteiger partial charge in [-0.3, -0.25) is 14.5 Å². The molecule has 2 aromatic rings. The molecule has 0 aliphatic rings. The minimum Gasteiger partial charge on any atom is -0.305 e. The van der Waals surface area contributed by atoms with E-state index in [1.165, 1.54) is 22.6 Å². The standard InChI is InChI=1S/C18H18ClN3O2/c1-3-4-8-11-22(14(2)23)17-18(24)21(13-16(19)20-17)12-15-9-6-5-7-10-15/h1,5-7,9-10,13H,4,8,11-12H2,2H3. The quantitative estimate of drug-likeness (QED) is 0.598. The average Bonchev–Trinajstić information content (AvgIpc) is 2.56. The van der Waals surface area contributed by atoms with Gasteiger partial charge >= 0.3 is 0 Å². The second-order valence-electron chi connectivity index (χ2n) is 5.28. The zero-order chi connectivity index (χ0) is 17.5. The van der Waals surface area contributed by atoms with Crippen LogP contribution in [0.15, 0.2) is 41.3 Å². The minimum absolute atomic E-state index is 0.0305. The molecular formula is C18H18ClN3O2. The van der Waals surface area contributed by atoms with Crippen LogP contribution >= 0.6 is 11.6 Å². The Hall–Kier alpha value is -2.58. The highest BCUT2D eigenvalue weighted by Crippen LogP contribution is 2.13. The molecular weight excluding hydrogens is 326 g/mol. The first kappa shape index (κ1) is 17.8. The van der Waals surface area contributed by atoms with Gasteiger partial charge in [-0.2, -0.15) is 0 Å². The zero-order valence-electron chi connectivity index (χ0n) is 13.4. The molecule has 6 heteroatoms. The Balaban J connectivity index is 2.37. The van der Waals surface area contributed by atoms with Gasteiger partial charge < -0.3 is 4.57 Å². The van der Waals surface area contributed by atoms with Crippen LogP contribution in [-0.4, -0.2) is 22.0 Å². The zero-order valence-corrected chi connectivity index (χ0v) is 14.2. The summed E-state index contributed by atoms with van der Waals surface area (Å²) in [4.78, 5) is 30.0. The van der Waals surface area contributed by atoms with Crippen molar-refractivity contribution >= 4 is 23.3 Å². The smallest absolute Gasteiger partial charge is 0.294 e. The van der Waals surface area contributed by atoms with E-state index in [9.17, 15) is 9.59 Å². The summed E-state index contributed by atoms with van der Waals surface area (Å²) >= 11 is 6.06. The molecule has 124 valence electrons. The SMILES string of the molecule is C#CCCCN(C(C)=O)c1nc(Cl)cn(Cc2ccccc2)c1=O. The summed E-state index contributed by atoms with van der Waals surface area (Å²) in [6, 6.07) is 9.52. The Bertz CT molecular complexity index is 809. The predicted molar refractivity (Wildman–Crippen MR) is 95.1 cm³/mol. The van der Waals surface area contributed by atoms with Crippen molar-refractivity contribution in [2.45, 2.75) is 26.3 Å². The van der Waals surface area contributed by atoms with Gasteiger partial charge in [0.2, 0.25) is 11.7 Å². The van der Waals surface area contributed by atoms with Gasteiger partial charge in [-0.1, -0.05) is 41.9 Å². The number of carbonyl (C=O) groups excluding carboxylic acids is 1. The molecule has 0 aliphatic heterocycles. The van der Waals surface area contributed by atoms with Gasteiger partial charge in [0.25, 0.3) is 5.56 Å². The number of aromatic nitrogens is 2. The van der Waals surface area contributed by atoms with Gasteiger partial charge in [0.05, 0.1) is 6.54 Å². The van der Waals surface area contributed by atoms with Gasteiger partial charge in [0.15, 0.2) is 0 Å². The van der Waals surface area contributed by atoms with Gasteiger partial charge in [-0.25, -0.2) is 4.98 Å². The van der Waals surface area contributed by atoms with Crippen molar-refractivity contribution < 1.29 is 4.79 Å². The lowest BCUT2D eigenvalue weighted by Gasteiger charge is -2.20. The number of nitrogens with zero attached hydrogens (tertiary/aromatic N) is 3. The van der Waals surface area contributed by atoms with E-state index in [1.807, 2.05) is 30.3 Å². The maximum Gasteiger partial charge on any atom is 0.294 e. The largest absolute Gasteiger partial charge is 0.305 e. The van der Waals surface area contributed by atoms with Crippen LogP contribution in [-0.2, 0) is 11.3 Å². The molecule has 0 bridgehead atoms. The van der Waals surface area contributed by atoms with Gasteiger partial charge in [0.1, 0.15) is 5.15 Å². The lowest BCUT2D eigenvalue weighted by atomic mass is 10.2. The summed E-state index contributed by atoms with van der Waals surface area (Å²) in [5.74, 6) is 2.27. The van der Waals surface area contributed by atoms with Crippen LogP contribution in [0.1, 0.15) is 25.3 Å². The molecule has 0 saturated carbocycles. The molecule has 0 N–H and O–H groups in total. The van der Waals surface area contributed by atoms with Crippen LogP contribution in [0.25, 0.3) is 0 Å². The van der Waals surface area contributed by atoms with Crippen molar-refractivity contribution in [1.29, 1.82) is 0 Å². The van der Waals surface area contributed by atoms with Crippen molar-refractivity contribution in [3.63, 3.8) is 0 Å². The number of terminal acetylenes is 1. The third-order valence-electron chi connectivity index (χ3n) is 3.46. The number of halogens is 1. The number of benzene rings is 1. The molecule has 0 radical (unpaired) electrons. The second-order valence-corrected chi connectivity index (χ2v) is 5.67. The molecule has 0 fully saturated rings. The van der Waals surface area contributed by atoms with Gasteiger partial charge in [-0.15, -0.1) is 12.3 Å². The molecule has 1 aromatic heterocycles. The Morgan fingerprint density at radius 3 is 2.71 bits per heavy atom. The number of carbonyl (C=O) groups is 1. The molecule has 24 heavy (non-hydrogen) atoms. The van der Waals surface area contributed by atoms with Crippen LogP contribution in [0.5, 0.6) is 0 Å².